The van der Waals surface area contributed by atoms with Gasteiger partial charge >= 0.3 is 0 Å². The van der Waals surface area contributed by atoms with E-state index in [1.807, 2.05) is 31.2 Å². The molecule has 1 amide bonds. The number of carbonyl (C=O) groups excluding carboxylic acids is 1. The van der Waals surface area contributed by atoms with Crippen molar-refractivity contribution in [1.29, 1.82) is 0 Å². The van der Waals surface area contributed by atoms with Gasteiger partial charge in [0.15, 0.2) is 0 Å². The summed E-state index contributed by atoms with van der Waals surface area (Å²) in [7, 11) is 3.15. The van der Waals surface area contributed by atoms with E-state index in [0.29, 0.717) is 39.2 Å². The lowest BCUT2D eigenvalue weighted by Crippen LogP contribution is -2.14. The highest BCUT2D eigenvalue weighted by Crippen LogP contribution is 2.34. The number of nitrogens with zero attached hydrogens (tertiary/aromatic N) is 1. The predicted octanol–water partition coefficient (Wildman–Crippen LogP) is 5.62. The molecule has 1 heterocycles. The Morgan fingerprint density at radius 2 is 1.77 bits per heavy atom. The van der Waals surface area contributed by atoms with Crippen molar-refractivity contribution in [1.82, 2.24) is 4.98 Å². The Kier molecular flexibility index (Phi) is 5.54. The number of aryl methyl sites for hydroxylation is 1. The van der Waals surface area contributed by atoms with E-state index in [9.17, 15) is 9.18 Å². The van der Waals surface area contributed by atoms with Crippen molar-refractivity contribution in [2.75, 3.05) is 19.5 Å². The fraction of sp³-hybridized carbons (Fsp3) is 0.120. The molecule has 0 aliphatic carbocycles. The van der Waals surface area contributed by atoms with Gasteiger partial charge in [-0.15, -0.1) is 0 Å². The van der Waals surface area contributed by atoms with Crippen LogP contribution in [0.15, 0.2) is 66.7 Å². The van der Waals surface area contributed by atoms with Crippen molar-refractivity contribution < 1.29 is 18.7 Å². The van der Waals surface area contributed by atoms with E-state index < -0.39 is 11.7 Å². The second-order valence-corrected chi connectivity index (χ2v) is 7.08. The highest BCUT2D eigenvalue weighted by atomic mass is 19.1. The minimum Gasteiger partial charge on any atom is -0.497 e. The zero-order chi connectivity index (χ0) is 22.0. The summed E-state index contributed by atoms with van der Waals surface area (Å²) in [5, 5.41) is 3.36. The molecule has 31 heavy (non-hydrogen) atoms. The number of rotatable bonds is 5. The van der Waals surface area contributed by atoms with Crippen LogP contribution < -0.4 is 14.8 Å². The molecule has 5 nitrogen and oxygen atoms in total. The van der Waals surface area contributed by atoms with Crippen LogP contribution in [0.25, 0.3) is 22.2 Å². The number of anilines is 1. The molecule has 0 unspecified atom stereocenters. The topological polar surface area (TPSA) is 60.5 Å². The normalized spacial score (nSPS) is 10.7. The first kappa shape index (κ1) is 20.3. The van der Waals surface area contributed by atoms with Gasteiger partial charge < -0.3 is 14.8 Å². The van der Waals surface area contributed by atoms with E-state index in [-0.39, 0.29) is 5.69 Å². The summed E-state index contributed by atoms with van der Waals surface area (Å²) in [5.74, 6) is 0.316. The zero-order valence-electron chi connectivity index (χ0n) is 17.4. The second kappa shape index (κ2) is 8.44. The van der Waals surface area contributed by atoms with E-state index in [1.165, 1.54) is 6.07 Å². The quantitative estimate of drug-likeness (QED) is 0.459. The maximum atomic E-state index is 14.2. The molecule has 0 bridgehead atoms. The van der Waals surface area contributed by atoms with Gasteiger partial charge in [-0.2, -0.15) is 0 Å². The number of para-hydroxylation sites is 1. The standard InChI is InChI=1S/C25H21FN2O3/c1-15-8-10-20(26)23(12-15)28-25(29)18-14-22(27-21-7-5-4-6-17(18)21)19-13-16(30-2)9-11-24(19)31-3/h4-14H,1-3H3,(H,28,29). The highest BCUT2D eigenvalue weighted by molar-refractivity contribution is 6.13. The highest BCUT2D eigenvalue weighted by Gasteiger charge is 2.18. The number of methoxy groups -OCH3 is 2. The van der Waals surface area contributed by atoms with Crippen molar-refractivity contribution in [2.24, 2.45) is 0 Å². The first-order valence-corrected chi connectivity index (χ1v) is 9.70. The minimum absolute atomic E-state index is 0.131. The molecule has 1 N–H and O–H groups in total. The molecule has 0 fully saturated rings. The minimum atomic E-state index is -0.494. The Labute approximate surface area is 179 Å². The molecule has 0 atom stereocenters. The average molecular weight is 416 g/mol. The fourth-order valence-electron chi connectivity index (χ4n) is 3.44. The number of benzene rings is 3. The number of ether oxygens (including phenoxy) is 2. The van der Waals surface area contributed by atoms with Crippen LogP contribution in [0, 0.1) is 12.7 Å². The maximum Gasteiger partial charge on any atom is 0.256 e. The Morgan fingerprint density at radius 1 is 0.968 bits per heavy atom. The van der Waals surface area contributed by atoms with E-state index in [2.05, 4.69) is 5.32 Å². The Balaban J connectivity index is 1.86. The number of carbonyl (C=O) groups is 1. The molecule has 0 aliphatic rings. The first-order chi connectivity index (χ1) is 15.0. The first-order valence-electron chi connectivity index (χ1n) is 9.70. The molecule has 3 aromatic carbocycles. The van der Waals surface area contributed by atoms with Gasteiger partial charge in [-0.1, -0.05) is 24.3 Å². The lowest BCUT2D eigenvalue weighted by atomic mass is 10.0. The fourth-order valence-corrected chi connectivity index (χ4v) is 3.44. The van der Waals surface area contributed by atoms with Crippen LogP contribution in [-0.4, -0.2) is 25.1 Å². The molecule has 0 spiro atoms. The van der Waals surface area contributed by atoms with Crippen LogP contribution in [0.5, 0.6) is 11.5 Å². The third-order valence-electron chi connectivity index (χ3n) is 5.01. The van der Waals surface area contributed by atoms with Crippen molar-refractivity contribution in [3.63, 3.8) is 0 Å². The number of amides is 1. The molecule has 156 valence electrons. The third-order valence-corrected chi connectivity index (χ3v) is 5.01. The summed E-state index contributed by atoms with van der Waals surface area (Å²) in [6.07, 6.45) is 0. The van der Waals surface area contributed by atoms with Gasteiger partial charge in [-0.25, -0.2) is 9.37 Å². The van der Waals surface area contributed by atoms with Gasteiger partial charge in [-0.3, -0.25) is 4.79 Å². The SMILES string of the molecule is COc1ccc(OC)c(-c2cc(C(=O)Nc3cc(C)ccc3F)c3ccccc3n2)c1. The second-order valence-electron chi connectivity index (χ2n) is 7.08. The Bertz CT molecular complexity index is 1290. The third kappa shape index (κ3) is 4.05. The Morgan fingerprint density at radius 3 is 2.55 bits per heavy atom. The number of hydrogen-bond acceptors (Lipinski definition) is 4. The van der Waals surface area contributed by atoms with Crippen LogP contribution in [0.2, 0.25) is 0 Å². The number of aromatic nitrogens is 1. The zero-order valence-corrected chi connectivity index (χ0v) is 17.4. The lowest BCUT2D eigenvalue weighted by Gasteiger charge is -2.14. The van der Waals surface area contributed by atoms with E-state index in [0.717, 1.165) is 5.56 Å². The monoisotopic (exact) mass is 416 g/mol. The largest absolute Gasteiger partial charge is 0.497 e. The van der Waals surface area contributed by atoms with Crippen molar-refractivity contribution in [3.8, 4) is 22.8 Å². The summed E-state index contributed by atoms with van der Waals surface area (Å²) >= 11 is 0. The number of halogens is 1. The van der Waals surface area contributed by atoms with E-state index in [4.69, 9.17) is 14.5 Å². The van der Waals surface area contributed by atoms with Crippen LogP contribution in [-0.2, 0) is 0 Å². The molecular formula is C25H21FN2O3. The number of pyridine rings is 1. The maximum absolute atomic E-state index is 14.2. The van der Waals surface area contributed by atoms with Crippen LogP contribution in [0.3, 0.4) is 0 Å². The molecular weight excluding hydrogens is 395 g/mol. The average Bonchev–Trinajstić information content (AvgIpc) is 2.80. The van der Waals surface area contributed by atoms with Crippen LogP contribution >= 0.6 is 0 Å². The summed E-state index contributed by atoms with van der Waals surface area (Å²) in [6.45, 7) is 1.84. The summed E-state index contributed by atoms with van der Waals surface area (Å²) < 4.78 is 25.1. The molecule has 0 aliphatic heterocycles. The molecule has 0 saturated heterocycles. The van der Waals surface area contributed by atoms with E-state index in [1.54, 1.807) is 50.6 Å². The number of hydrogen-bond donors (Lipinski definition) is 1. The predicted molar refractivity (Wildman–Crippen MR) is 119 cm³/mol. The summed E-state index contributed by atoms with van der Waals surface area (Å²) in [5.41, 5.74) is 3.23. The summed E-state index contributed by atoms with van der Waals surface area (Å²) in [4.78, 5) is 17.9. The van der Waals surface area contributed by atoms with Gasteiger partial charge in [0.1, 0.15) is 17.3 Å². The molecule has 6 heteroatoms. The van der Waals surface area contributed by atoms with Crippen LogP contribution in [0.1, 0.15) is 15.9 Å². The lowest BCUT2D eigenvalue weighted by molar-refractivity contribution is 0.102. The van der Waals surface area contributed by atoms with Gasteiger partial charge in [0.25, 0.3) is 5.91 Å². The smallest absolute Gasteiger partial charge is 0.256 e. The molecule has 1 aromatic heterocycles. The molecule has 4 rings (SSSR count). The van der Waals surface area contributed by atoms with E-state index >= 15 is 0 Å². The number of fused-ring (bicyclic) bond motifs is 1. The van der Waals surface area contributed by atoms with Crippen molar-refractivity contribution in [3.05, 3.63) is 83.7 Å². The Hall–Kier alpha value is -3.93. The van der Waals surface area contributed by atoms with Gasteiger partial charge in [0.05, 0.1) is 36.7 Å². The van der Waals surface area contributed by atoms with Gasteiger partial charge in [0.2, 0.25) is 0 Å². The van der Waals surface area contributed by atoms with Gasteiger partial charge in [0, 0.05) is 10.9 Å². The molecule has 0 radical (unpaired) electrons. The van der Waals surface area contributed by atoms with Crippen molar-refractivity contribution >= 4 is 22.5 Å². The number of nitrogens with one attached hydrogen (secondary N) is 1. The molecule has 0 saturated carbocycles. The molecule has 4 aromatic rings. The van der Waals surface area contributed by atoms with Gasteiger partial charge in [-0.05, 0) is 55.0 Å². The summed E-state index contributed by atoms with van der Waals surface area (Å²) in [6, 6.07) is 19.0. The van der Waals surface area contributed by atoms with Crippen LogP contribution in [0.4, 0.5) is 10.1 Å². The van der Waals surface area contributed by atoms with Crippen molar-refractivity contribution in [2.45, 2.75) is 6.92 Å².